The zero-order chi connectivity index (χ0) is 10.0. The molecule has 0 bridgehead atoms. The van der Waals surface area contributed by atoms with E-state index in [0.717, 1.165) is 31.0 Å². The van der Waals surface area contributed by atoms with Gasteiger partial charge in [-0.15, -0.1) is 0 Å². The second-order valence-corrected chi connectivity index (χ2v) is 4.20. The predicted octanol–water partition coefficient (Wildman–Crippen LogP) is 0.949. The van der Waals surface area contributed by atoms with Crippen molar-refractivity contribution in [1.82, 2.24) is 15.3 Å². The molecular weight excluding hydrogens is 176 g/mol. The van der Waals surface area contributed by atoms with Crippen molar-refractivity contribution in [2.45, 2.75) is 25.8 Å². The third-order valence-corrected chi connectivity index (χ3v) is 2.56. The summed E-state index contributed by atoms with van der Waals surface area (Å²) in [6.07, 6.45) is 4.78. The van der Waals surface area contributed by atoms with E-state index in [2.05, 4.69) is 27.5 Å². The number of anilines is 1. The summed E-state index contributed by atoms with van der Waals surface area (Å²) in [6.45, 7) is 6.22. The van der Waals surface area contributed by atoms with Crippen LogP contribution in [0.1, 0.15) is 18.9 Å². The van der Waals surface area contributed by atoms with Crippen molar-refractivity contribution in [3.8, 4) is 0 Å². The van der Waals surface area contributed by atoms with Gasteiger partial charge in [0.05, 0.1) is 5.54 Å². The first-order valence-electron chi connectivity index (χ1n) is 4.96. The lowest BCUT2D eigenvalue weighted by molar-refractivity contribution is 0.561. The molecule has 14 heavy (non-hydrogen) atoms. The number of hydrogen-bond acceptors (Lipinski definition) is 4. The highest BCUT2D eigenvalue weighted by molar-refractivity contribution is 5.30. The maximum atomic E-state index is 4.24. The van der Waals surface area contributed by atoms with Gasteiger partial charge in [0.25, 0.3) is 0 Å². The Kier molecular flexibility index (Phi) is 2.37. The van der Waals surface area contributed by atoms with E-state index < -0.39 is 0 Å². The van der Waals surface area contributed by atoms with Gasteiger partial charge in [0.1, 0.15) is 0 Å². The molecule has 1 aromatic heterocycles. The van der Waals surface area contributed by atoms with E-state index in [1.165, 1.54) is 0 Å². The molecule has 2 rings (SSSR count). The van der Waals surface area contributed by atoms with Crippen LogP contribution in [-0.2, 0) is 0 Å². The molecule has 2 heterocycles. The summed E-state index contributed by atoms with van der Waals surface area (Å²) in [6, 6.07) is 0. The highest BCUT2D eigenvalue weighted by Gasteiger charge is 2.28. The van der Waals surface area contributed by atoms with Crippen LogP contribution in [0.25, 0.3) is 0 Å². The zero-order valence-electron chi connectivity index (χ0n) is 8.67. The van der Waals surface area contributed by atoms with Gasteiger partial charge in [0.2, 0.25) is 5.95 Å². The Morgan fingerprint density at radius 3 is 2.71 bits per heavy atom. The molecule has 1 fully saturated rings. The van der Waals surface area contributed by atoms with Gasteiger partial charge in [-0.25, -0.2) is 9.97 Å². The van der Waals surface area contributed by atoms with Gasteiger partial charge in [0.15, 0.2) is 0 Å². The zero-order valence-corrected chi connectivity index (χ0v) is 8.67. The third-order valence-electron chi connectivity index (χ3n) is 2.56. The quantitative estimate of drug-likeness (QED) is 0.732. The van der Waals surface area contributed by atoms with Crippen molar-refractivity contribution in [3.63, 3.8) is 0 Å². The van der Waals surface area contributed by atoms with Crippen LogP contribution in [0.4, 0.5) is 5.95 Å². The standard InChI is InChI=1S/C10H16N4/c1-8-5-12-9(13-6-8)14-10(2)3-4-11-7-10/h5-6,11H,3-4,7H2,1-2H3,(H,12,13,14). The molecule has 0 amide bonds. The molecule has 4 nitrogen and oxygen atoms in total. The number of nitrogens with one attached hydrogen (secondary N) is 2. The van der Waals surface area contributed by atoms with Crippen molar-refractivity contribution >= 4 is 5.95 Å². The molecule has 2 N–H and O–H groups in total. The van der Waals surface area contributed by atoms with Gasteiger partial charge in [-0.3, -0.25) is 0 Å². The fraction of sp³-hybridized carbons (Fsp3) is 0.600. The summed E-state index contributed by atoms with van der Waals surface area (Å²) in [4.78, 5) is 8.47. The third kappa shape index (κ3) is 2.01. The Labute approximate surface area is 84.2 Å². The van der Waals surface area contributed by atoms with Crippen LogP contribution in [0, 0.1) is 6.92 Å². The average Bonchev–Trinajstić information content (AvgIpc) is 2.57. The van der Waals surface area contributed by atoms with Crippen LogP contribution in [-0.4, -0.2) is 28.6 Å². The van der Waals surface area contributed by atoms with Crippen LogP contribution in [0.5, 0.6) is 0 Å². The molecule has 0 radical (unpaired) electrons. The van der Waals surface area contributed by atoms with Gasteiger partial charge >= 0.3 is 0 Å². The fourth-order valence-corrected chi connectivity index (χ4v) is 1.65. The van der Waals surface area contributed by atoms with Crippen LogP contribution in [0.15, 0.2) is 12.4 Å². The Bertz CT molecular complexity index is 300. The first kappa shape index (κ1) is 9.40. The van der Waals surface area contributed by atoms with Crippen molar-refractivity contribution in [3.05, 3.63) is 18.0 Å². The van der Waals surface area contributed by atoms with Crippen LogP contribution < -0.4 is 10.6 Å². The summed E-state index contributed by atoms with van der Waals surface area (Å²) >= 11 is 0. The summed E-state index contributed by atoms with van der Waals surface area (Å²) in [5.41, 5.74) is 1.19. The molecule has 0 saturated carbocycles. The van der Waals surface area contributed by atoms with E-state index in [9.17, 15) is 0 Å². The smallest absolute Gasteiger partial charge is 0.223 e. The molecule has 1 aliphatic heterocycles. The number of aryl methyl sites for hydroxylation is 1. The van der Waals surface area contributed by atoms with Crippen molar-refractivity contribution in [2.75, 3.05) is 18.4 Å². The highest BCUT2D eigenvalue weighted by Crippen LogP contribution is 2.18. The van der Waals surface area contributed by atoms with Crippen molar-refractivity contribution in [1.29, 1.82) is 0 Å². The minimum atomic E-state index is 0.106. The molecule has 1 aromatic rings. The molecule has 76 valence electrons. The molecule has 1 aliphatic rings. The maximum absolute atomic E-state index is 4.24. The van der Waals surface area contributed by atoms with Gasteiger partial charge in [-0.2, -0.15) is 0 Å². The second kappa shape index (κ2) is 3.53. The lowest BCUT2D eigenvalue weighted by Crippen LogP contribution is -2.37. The Balaban J connectivity index is 2.06. The van der Waals surface area contributed by atoms with Gasteiger partial charge in [-0.1, -0.05) is 0 Å². The van der Waals surface area contributed by atoms with E-state index in [1.54, 1.807) is 0 Å². The number of hydrogen-bond donors (Lipinski definition) is 2. The summed E-state index contributed by atoms with van der Waals surface area (Å²) in [7, 11) is 0. The Morgan fingerprint density at radius 2 is 2.14 bits per heavy atom. The number of rotatable bonds is 2. The normalized spacial score (nSPS) is 26.4. The molecule has 1 saturated heterocycles. The van der Waals surface area contributed by atoms with Crippen molar-refractivity contribution < 1.29 is 0 Å². The fourth-order valence-electron chi connectivity index (χ4n) is 1.65. The van der Waals surface area contributed by atoms with E-state index in [4.69, 9.17) is 0 Å². The predicted molar refractivity (Wildman–Crippen MR) is 56.3 cm³/mol. The van der Waals surface area contributed by atoms with Crippen molar-refractivity contribution in [2.24, 2.45) is 0 Å². The highest BCUT2D eigenvalue weighted by atomic mass is 15.2. The molecule has 0 aliphatic carbocycles. The lowest BCUT2D eigenvalue weighted by Gasteiger charge is -2.24. The van der Waals surface area contributed by atoms with E-state index >= 15 is 0 Å². The Hall–Kier alpha value is -1.16. The van der Waals surface area contributed by atoms with Crippen LogP contribution in [0.3, 0.4) is 0 Å². The SMILES string of the molecule is Cc1cnc(NC2(C)CCNC2)nc1. The maximum Gasteiger partial charge on any atom is 0.223 e. The molecule has 4 heteroatoms. The topological polar surface area (TPSA) is 49.8 Å². The summed E-state index contributed by atoms with van der Waals surface area (Å²) in [5.74, 6) is 0.724. The number of nitrogens with zero attached hydrogens (tertiary/aromatic N) is 2. The van der Waals surface area contributed by atoms with Crippen LogP contribution in [0.2, 0.25) is 0 Å². The van der Waals surface area contributed by atoms with E-state index in [0.29, 0.717) is 0 Å². The van der Waals surface area contributed by atoms with E-state index in [-0.39, 0.29) is 5.54 Å². The molecule has 1 atom stereocenters. The van der Waals surface area contributed by atoms with Gasteiger partial charge < -0.3 is 10.6 Å². The molecular formula is C10H16N4. The molecule has 0 spiro atoms. The molecule has 0 aromatic carbocycles. The lowest BCUT2D eigenvalue weighted by atomic mass is 10.0. The first-order chi connectivity index (χ1) is 6.68. The summed E-state index contributed by atoms with van der Waals surface area (Å²) in [5, 5.41) is 6.69. The minimum Gasteiger partial charge on any atom is -0.348 e. The minimum absolute atomic E-state index is 0.106. The average molecular weight is 192 g/mol. The first-order valence-corrected chi connectivity index (χ1v) is 4.96. The van der Waals surface area contributed by atoms with Gasteiger partial charge in [0, 0.05) is 18.9 Å². The second-order valence-electron chi connectivity index (χ2n) is 4.20. The summed E-state index contributed by atoms with van der Waals surface area (Å²) < 4.78 is 0. The Morgan fingerprint density at radius 1 is 1.43 bits per heavy atom. The monoisotopic (exact) mass is 192 g/mol. The van der Waals surface area contributed by atoms with Crippen LogP contribution >= 0.6 is 0 Å². The van der Waals surface area contributed by atoms with E-state index in [1.807, 2.05) is 19.3 Å². The largest absolute Gasteiger partial charge is 0.348 e. The number of aromatic nitrogens is 2. The van der Waals surface area contributed by atoms with Gasteiger partial charge in [-0.05, 0) is 32.4 Å². The molecule has 1 unspecified atom stereocenters.